The molecule has 1 fully saturated rings. The number of fused-ring (bicyclic) bond motifs is 1. The van der Waals surface area contributed by atoms with Crippen LogP contribution in [0.2, 0.25) is 0 Å². The van der Waals surface area contributed by atoms with Crippen molar-refractivity contribution in [2.24, 2.45) is 0 Å². The van der Waals surface area contributed by atoms with Crippen molar-refractivity contribution in [1.82, 2.24) is 9.80 Å². The largest absolute Gasteiger partial charge is 0.480 e. The Labute approximate surface area is 139 Å². The number of hydrogen-bond acceptors (Lipinski definition) is 4. The number of amides is 2. The van der Waals surface area contributed by atoms with Crippen molar-refractivity contribution in [3.05, 3.63) is 35.4 Å². The van der Waals surface area contributed by atoms with E-state index in [0.29, 0.717) is 6.61 Å². The molecule has 0 spiro atoms. The molecule has 1 aromatic carbocycles. The van der Waals surface area contributed by atoms with Gasteiger partial charge in [-0.15, -0.1) is 0 Å². The minimum atomic E-state index is -1.10. The summed E-state index contributed by atoms with van der Waals surface area (Å²) in [5.74, 6) is -1.73. The third-order valence-corrected chi connectivity index (χ3v) is 4.61. The van der Waals surface area contributed by atoms with Crippen LogP contribution in [0.4, 0.5) is 0 Å². The highest BCUT2D eigenvalue weighted by Gasteiger charge is 2.38. The van der Waals surface area contributed by atoms with Crippen LogP contribution in [-0.4, -0.2) is 65.5 Å². The normalized spacial score (nSPS) is 23.8. The van der Waals surface area contributed by atoms with E-state index in [1.807, 2.05) is 24.3 Å². The van der Waals surface area contributed by atoms with Crippen molar-refractivity contribution in [1.29, 1.82) is 0 Å². The van der Waals surface area contributed by atoms with E-state index in [4.69, 9.17) is 4.74 Å². The standard InChI is InChI=1S/C17H20N2O5/c1-18-9-13(17(22)23)19(10-16(18)21)15(20)8-14-12-5-3-2-4-11(12)6-7-24-14/h2-5,13-14H,6-10H2,1H3,(H,22,23). The average Bonchev–Trinajstić information content (AvgIpc) is 2.57. The predicted octanol–water partition coefficient (Wildman–Crippen LogP) is 0.444. The molecule has 2 heterocycles. The molecule has 0 aliphatic carbocycles. The zero-order valence-electron chi connectivity index (χ0n) is 13.5. The van der Waals surface area contributed by atoms with Crippen LogP contribution in [0.15, 0.2) is 24.3 Å². The molecule has 128 valence electrons. The lowest BCUT2D eigenvalue weighted by molar-refractivity contribution is -0.160. The second-order valence-corrected chi connectivity index (χ2v) is 6.16. The summed E-state index contributed by atoms with van der Waals surface area (Å²) in [6, 6.07) is 6.76. The van der Waals surface area contributed by atoms with E-state index in [2.05, 4.69) is 0 Å². The summed E-state index contributed by atoms with van der Waals surface area (Å²) in [5, 5.41) is 9.36. The summed E-state index contributed by atoms with van der Waals surface area (Å²) in [4.78, 5) is 38.5. The van der Waals surface area contributed by atoms with E-state index in [1.165, 1.54) is 4.90 Å². The number of piperazine rings is 1. The molecular weight excluding hydrogens is 312 g/mol. The van der Waals surface area contributed by atoms with Crippen molar-refractivity contribution in [2.75, 3.05) is 26.7 Å². The molecule has 0 radical (unpaired) electrons. The van der Waals surface area contributed by atoms with Crippen molar-refractivity contribution < 1.29 is 24.2 Å². The van der Waals surface area contributed by atoms with E-state index in [1.54, 1.807) is 7.05 Å². The van der Waals surface area contributed by atoms with Crippen LogP contribution >= 0.6 is 0 Å². The van der Waals surface area contributed by atoms with Gasteiger partial charge in [-0.05, 0) is 17.5 Å². The molecule has 24 heavy (non-hydrogen) atoms. The molecule has 3 rings (SSSR count). The Morgan fingerprint density at radius 1 is 1.33 bits per heavy atom. The van der Waals surface area contributed by atoms with Crippen molar-refractivity contribution >= 4 is 17.8 Å². The van der Waals surface area contributed by atoms with Gasteiger partial charge in [0, 0.05) is 7.05 Å². The van der Waals surface area contributed by atoms with Crippen LogP contribution in [0.1, 0.15) is 23.7 Å². The number of hydrogen-bond donors (Lipinski definition) is 1. The lowest BCUT2D eigenvalue weighted by Gasteiger charge is -2.38. The summed E-state index contributed by atoms with van der Waals surface area (Å²) in [5.41, 5.74) is 2.11. The molecule has 2 aliphatic heterocycles. The Morgan fingerprint density at radius 3 is 2.83 bits per heavy atom. The molecule has 2 atom stereocenters. The van der Waals surface area contributed by atoms with Gasteiger partial charge in [-0.25, -0.2) is 4.79 Å². The summed E-state index contributed by atoms with van der Waals surface area (Å²) in [7, 11) is 1.54. The maximum Gasteiger partial charge on any atom is 0.328 e. The van der Waals surface area contributed by atoms with Crippen molar-refractivity contribution in [3.63, 3.8) is 0 Å². The summed E-state index contributed by atoms with van der Waals surface area (Å²) in [6.07, 6.45) is 0.440. The minimum Gasteiger partial charge on any atom is -0.480 e. The fraction of sp³-hybridized carbons (Fsp3) is 0.471. The minimum absolute atomic E-state index is 0.00200. The molecule has 7 nitrogen and oxygen atoms in total. The van der Waals surface area contributed by atoms with E-state index >= 15 is 0 Å². The van der Waals surface area contributed by atoms with Gasteiger partial charge >= 0.3 is 5.97 Å². The zero-order chi connectivity index (χ0) is 17.3. The number of carbonyl (C=O) groups excluding carboxylic acids is 2. The number of carbonyl (C=O) groups is 3. The maximum atomic E-state index is 12.7. The highest BCUT2D eigenvalue weighted by atomic mass is 16.5. The average molecular weight is 332 g/mol. The zero-order valence-corrected chi connectivity index (χ0v) is 13.5. The van der Waals surface area contributed by atoms with Crippen LogP contribution in [0.5, 0.6) is 0 Å². The fourth-order valence-electron chi connectivity index (χ4n) is 3.23. The lowest BCUT2D eigenvalue weighted by Crippen LogP contribution is -2.59. The van der Waals surface area contributed by atoms with Crippen molar-refractivity contribution in [3.8, 4) is 0 Å². The van der Waals surface area contributed by atoms with Gasteiger partial charge in [0.1, 0.15) is 12.6 Å². The van der Waals surface area contributed by atoms with Gasteiger partial charge in [-0.3, -0.25) is 9.59 Å². The third kappa shape index (κ3) is 3.12. The Kier molecular flexibility index (Phi) is 4.53. The molecule has 2 unspecified atom stereocenters. The number of nitrogens with zero attached hydrogens (tertiary/aromatic N) is 2. The Morgan fingerprint density at radius 2 is 2.08 bits per heavy atom. The predicted molar refractivity (Wildman–Crippen MR) is 84.2 cm³/mol. The summed E-state index contributed by atoms with van der Waals surface area (Å²) < 4.78 is 5.72. The van der Waals surface area contributed by atoms with Crippen molar-refractivity contribution in [2.45, 2.75) is 25.0 Å². The first-order valence-electron chi connectivity index (χ1n) is 7.93. The Hall–Kier alpha value is -2.41. The summed E-state index contributed by atoms with van der Waals surface area (Å²) >= 11 is 0. The molecular formula is C17H20N2O5. The lowest BCUT2D eigenvalue weighted by atomic mass is 9.95. The van der Waals surface area contributed by atoms with Gasteiger partial charge in [0.05, 0.1) is 25.7 Å². The third-order valence-electron chi connectivity index (χ3n) is 4.61. The molecule has 0 bridgehead atoms. The second kappa shape index (κ2) is 6.60. The number of rotatable bonds is 3. The smallest absolute Gasteiger partial charge is 0.328 e. The van der Waals surface area contributed by atoms with Crippen LogP contribution < -0.4 is 0 Å². The molecule has 7 heteroatoms. The SMILES string of the molecule is CN1CC(C(=O)O)N(C(=O)CC2OCCc3ccccc32)CC1=O. The van der Waals surface area contributed by atoms with Gasteiger partial charge in [0.25, 0.3) is 0 Å². The van der Waals surface area contributed by atoms with Crippen LogP contribution in [0.25, 0.3) is 0 Å². The quantitative estimate of drug-likeness (QED) is 0.868. The van der Waals surface area contributed by atoms with E-state index in [-0.39, 0.29) is 31.3 Å². The van der Waals surface area contributed by atoms with Crippen LogP contribution in [-0.2, 0) is 25.5 Å². The number of carboxylic acids is 1. The highest BCUT2D eigenvalue weighted by Crippen LogP contribution is 2.30. The Bertz CT molecular complexity index is 675. The first-order chi connectivity index (χ1) is 11.5. The molecule has 1 aromatic rings. The van der Waals surface area contributed by atoms with Gasteiger partial charge < -0.3 is 19.6 Å². The topological polar surface area (TPSA) is 87.2 Å². The number of aliphatic carboxylic acids is 1. The molecule has 0 saturated carbocycles. The number of carboxylic acid groups (broad SMARTS) is 1. The van der Waals surface area contributed by atoms with Crippen LogP contribution in [0, 0.1) is 0 Å². The highest BCUT2D eigenvalue weighted by molar-refractivity contribution is 5.91. The van der Waals surface area contributed by atoms with Gasteiger partial charge in [-0.2, -0.15) is 0 Å². The number of likely N-dealkylation sites (N-methyl/N-ethyl adjacent to an activating group) is 1. The molecule has 2 amide bonds. The van der Waals surface area contributed by atoms with Gasteiger partial charge in [0.2, 0.25) is 11.8 Å². The van der Waals surface area contributed by atoms with E-state index in [9.17, 15) is 19.5 Å². The molecule has 0 aromatic heterocycles. The van der Waals surface area contributed by atoms with Gasteiger partial charge in [0.15, 0.2) is 0 Å². The van der Waals surface area contributed by atoms with Crippen LogP contribution in [0.3, 0.4) is 0 Å². The maximum absolute atomic E-state index is 12.7. The number of ether oxygens (including phenoxy) is 1. The molecule has 2 aliphatic rings. The first-order valence-corrected chi connectivity index (χ1v) is 7.93. The van der Waals surface area contributed by atoms with E-state index in [0.717, 1.165) is 22.4 Å². The fourth-order valence-corrected chi connectivity index (χ4v) is 3.23. The molecule has 1 N–H and O–H groups in total. The first kappa shape index (κ1) is 16.4. The van der Waals surface area contributed by atoms with E-state index < -0.39 is 18.1 Å². The second-order valence-electron chi connectivity index (χ2n) is 6.16. The Balaban J connectivity index is 1.77. The molecule has 1 saturated heterocycles. The van der Waals surface area contributed by atoms with Gasteiger partial charge in [-0.1, -0.05) is 24.3 Å². The number of benzene rings is 1. The monoisotopic (exact) mass is 332 g/mol. The summed E-state index contributed by atoms with van der Waals surface area (Å²) in [6.45, 7) is 0.321.